The summed E-state index contributed by atoms with van der Waals surface area (Å²) in [5, 5.41) is 3.63. The zero-order chi connectivity index (χ0) is 14.2. The van der Waals surface area contributed by atoms with Gasteiger partial charge in [-0.2, -0.15) is 0 Å². The largest absolute Gasteiger partial charge is 0.378 e. The Labute approximate surface area is 123 Å². The molecular weight excluding hydrogens is 265 g/mol. The standard InChI is InChI=1S/C18H18FNO/c19-13-9-7-12(8-10-13)17-15-5-3-11-21-18(15)14-4-1-2-6-16(14)20-17/h1-2,4,6-10,15,17-18,20H,3,5,11H2/t15-,17-,18+/m0/s1. The second kappa shape index (κ2) is 5.15. The summed E-state index contributed by atoms with van der Waals surface area (Å²) < 4.78 is 19.3. The summed E-state index contributed by atoms with van der Waals surface area (Å²) in [6.45, 7) is 0.825. The topological polar surface area (TPSA) is 21.3 Å². The Morgan fingerprint density at radius 3 is 2.71 bits per heavy atom. The van der Waals surface area contributed by atoms with Gasteiger partial charge in [0.1, 0.15) is 5.82 Å². The van der Waals surface area contributed by atoms with E-state index in [0.29, 0.717) is 5.92 Å². The minimum absolute atomic E-state index is 0.145. The lowest BCUT2D eigenvalue weighted by molar-refractivity contribution is -0.0381. The second-order valence-electron chi connectivity index (χ2n) is 5.86. The second-order valence-corrected chi connectivity index (χ2v) is 5.86. The third-order valence-electron chi connectivity index (χ3n) is 4.60. The van der Waals surface area contributed by atoms with E-state index >= 15 is 0 Å². The van der Waals surface area contributed by atoms with Crippen LogP contribution in [0.15, 0.2) is 48.5 Å². The van der Waals surface area contributed by atoms with Crippen LogP contribution in [0.2, 0.25) is 0 Å². The summed E-state index contributed by atoms with van der Waals surface area (Å²) in [7, 11) is 0. The van der Waals surface area contributed by atoms with Crippen molar-refractivity contribution in [3.63, 3.8) is 0 Å². The van der Waals surface area contributed by atoms with Crippen LogP contribution in [-0.4, -0.2) is 6.61 Å². The van der Waals surface area contributed by atoms with E-state index < -0.39 is 0 Å². The number of benzene rings is 2. The van der Waals surface area contributed by atoms with E-state index in [4.69, 9.17) is 4.74 Å². The third kappa shape index (κ3) is 2.22. The van der Waals surface area contributed by atoms with Crippen molar-refractivity contribution in [3.8, 4) is 0 Å². The maximum atomic E-state index is 13.2. The van der Waals surface area contributed by atoms with Crippen molar-refractivity contribution >= 4 is 5.69 Å². The molecule has 0 unspecified atom stereocenters. The number of ether oxygens (including phenoxy) is 1. The SMILES string of the molecule is Fc1ccc([C@@H]2Nc3ccccc3[C@H]3OCCC[C@H]32)cc1. The molecule has 2 aliphatic heterocycles. The first kappa shape index (κ1) is 12.8. The van der Waals surface area contributed by atoms with Gasteiger partial charge in [0.05, 0.1) is 12.1 Å². The molecule has 3 atom stereocenters. The van der Waals surface area contributed by atoms with Crippen LogP contribution in [0.3, 0.4) is 0 Å². The van der Waals surface area contributed by atoms with Gasteiger partial charge in [0, 0.05) is 23.8 Å². The van der Waals surface area contributed by atoms with Crippen molar-refractivity contribution < 1.29 is 9.13 Å². The van der Waals surface area contributed by atoms with Crippen LogP contribution in [0.1, 0.15) is 36.1 Å². The molecule has 2 aromatic rings. The molecule has 2 heterocycles. The van der Waals surface area contributed by atoms with Crippen LogP contribution in [0.25, 0.3) is 0 Å². The minimum atomic E-state index is -0.189. The number of anilines is 1. The zero-order valence-electron chi connectivity index (χ0n) is 11.8. The van der Waals surface area contributed by atoms with Gasteiger partial charge in [-0.15, -0.1) is 0 Å². The summed E-state index contributed by atoms with van der Waals surface area (Å²) in [6, 6.07) is 15.4. The van der Waals surface area contributed by atoms with Gasteiger partial charge in [-0.3, -0.25) is 0 Å². The van der Waals surface area contributed by atoms with E-state index in [1.165, 1.54) is 17.7 Å². The lowest BCUT2D eigenvalue weighted by atomic mass is 9.77. The summed E-state index contributed by atoms with van der Waals surface area (Å²) in [5.41, 5.74) is 3.52. The molecule has 1 fully saturated rings. The van der Waals surface area contributed by atoms with E-state index in [0.717, 1.165) is 30.7 Å². The van der Waals surface area contributed by atoms with E-state index in [1.807, 2.05) is 18.2 Å². The Hall–Kier alpha value is -1.87. The van der Waals surface area contributed by atoms with Gasteiger partial charge >= 0.3 is 0 Å². The molecule has 2 aliphatic rings. The number of halogens is 1. The molecule has 3 heteroatoms. The van der Waals surface area contributed by atoms with Crippen LogP contribution < -0.4 is 5.32 Å². The molecular formula is C18H18FNO. The van der Waals surface area contributed by atoms with Gasteiger partial charge in [0.2, 0.25) is 0 Å². The molecule has 1 saturated heterocycles. The van der Waals surface area contributed by atoms with Crippen molar-refractivity contribution in [3.05, 3.63) is 65.5 Å². The number of nitrogens with one attached hydrogen (secondary N) is 1. The molecule has 108 valence electrons. The van der Waals surface area contributed by atoms with Gasteiger partial charge < -0.3 is 10.1 Å². The number of para-hydroxylation sites is 1. The fourth-order valence-corrected chi connectivity index (χ4v) is 3.62. The van der Waals surface area contributed by atoms with Gasteiger partial charge in [0.25, 0.3) is 0 Å². The average molecular weight is 283 g/mol. The molecule has 1 N–H and O–H groups in total. The Morgan fingerprint density at radius 1 is 1.05 bits per heavy atom. The van der Waals surface area contributed by atoms with Crippen molar-refractivity contribution in [1.82, 2.24) is 0 Å². The number of rotatable bonds is 1. The lowest BCUT2D eigenvalue weighted by Crippen LogP contribution is -2.35. The highest BCUT2D eigenvalue weighted by Crippen LogP contribution is 2.48. The molecule has 0 saturated carbocycles. The molecule has 0 aliphatic carbocycles. The number of fused-ring (bicyclic) bond motifs is 3. The van der Waals surface area contributed by atoms with E-state index in [1.54, 1.807) is 0 Å². The molecule has 21 heavy (non-hydrogen) atoms. The first-order valence-corrected chi connectivity index (χ1v) is 7.55. The fourth-order valence-electron chi connectivity index (χ4n) is 3.62. The smallest absolute Gasteiger partial charge is 0.123 e. The zero-order valence-corrected chi connectivity index (χ0v) is 11.8. The maximum absolute atomic E-state index is 13.2. The molecule has 2 aromatic carbocycles. The van der Waals surface area contributed by atoms with Crippen molar-refractivity contribution in [2.75, 3.05) is 11.9 Å². The molecule has 0 bridgehead atoms. The van der Waals surface area contributed by atoms with Crippen LogP contribution in [0.5, 0.6) is 0 Å². The quantitative estimate of drug-likeness (QED) is 0.834. The summed E-state index contributed by atoms with van der Waals surface area (Å²) in [5.74, 6) is 0.213. The monoisotopic (exact) mass is 283 g/mol. The van der Waals surface area contributed by atoms with Crippen molar-refractivity contribution in [1.29, 1.82) is 0 Å². The highest BCUT2D eigenvalue weighted by molar-refractivity contribution is 5.57. The Bertz CT molecular complexity index is 640. The lowest BCUT2D eigenvalue weighted by Gasteiger charge is -2.43. The highest BCUT2D eigenvalue weighted by atomic mass is 19.1. The average Bonchev–Trinajstić information content (AvgIpc) is 2.55. The first-order valence-electron chi connectivity index (χ1n) is 7.55. The molecule has 0 radical (unpaired) electrons. The molecule has 0 spiro atoms. The number of hydrogen-bond acceptors (Lipinski definition) is 2. The van der Waals surface area contributed by atoms with Gasteiger partial charge in [0.15, 0.2) is 0 Å². The highest BCUT2D eigenvalue weighted by Gasteiger charge is 2.39. The maximum Gasteiger partial charge on any atom is 0.123 e. The number of hydrogen-bond donors (Lipinski definition) is 1. The Kier molecular flexibility index (Phi) is 3.15. The molecule has 0 amide bonds. The first-order chi connectivity index (χ1) is 10.3. The van der Waals surface area contributed by atoms with Crippen LogP contribution in [0, 0.1) is 11.7 Å². The van der Waals surface area contributed by atoms with Gasteiger partial charge in [-0.1, -0.05) is 30.3 Å². The van der Waals surface area contributed by atoms with Crippen molar-refractivity contribution in [2.24, 2.45) is 5.92 Å². The van der Waals surface area contributed by atoms with Gasteiger partial charge in [-0.05, 0) is 36.6 Å². The molecule has 2 nitrogen and oxygen atoms in total. The minimum Gasteiger partial charge on any atom is -0.378 e. The summed E-state index contributed by atoms with van der Waals surface area (Å²) in [6.07, 6.45) is 2.36. The predicted molar refractivity (Wildman–Crippen MR) is 80.6 cm³/mol. The van der Waals surface area contributed by atoms with Gasteiger partial charge in [-0.25, -0.2) is 4.39 Å². The van der Waals surface area contributed by atoms with Crippen LogP contribution in [-0.2, 0) is 4.74 Å². The molecule has 4 rings (SSSR count). The van der Waals surface area contributed by atoms with Crippen molar-refractivity contribution in [2.45, 2.75) is 25.0 Å². The normalized spacial score (nSPS) is 27.4. The third-order valence-corrected chi connectivity index (χ3v) is 4.60. The van der Waals surface area contributed by atoms with E-state index in [-0.39, 0.29) is 18.0 Å². The van der Waals surface area contributed by atoms with E-state index in [9.17, 15) is 4.39 Å². The fraction of sp³-hybridized carbons (Fsp3) is 0.333. The van der Waals surface area contributed by atoms with Crippen LogP contribution in [0.4, 0.5) is 10.1 Å². The summed E-state index contributed by atoms with van der Waals surface area (Å²) >= 11 is 0. The van der Waals surface area contributed by atoms with E-state index in [2.05, 4.69) is 23.5 Å². The Morgan fingerprint density at radius 2 is 1.86 bits per heavy atom. The van der Waals surface area contributed by atoms with Crippen LogP contribution >= 0.6 is 0 Å². The summed E-state index contributed by atoms with van der Waals surface area (Å²) in [4.78, 5) is 0. The predicted octanol–water partition coefficient (Wildman–Crippen LogP) is 4.46. The Balaban J connectivity index is 1.76. The molecule has 0 aromatic heterocycles.